The summed E-state index contributed by atoms with van der Waals surface area (Å²) < 4.78 is 0. The fraction of sp³-hybridized carbons (Fsp3) is 0.170. The van der Waals surface area contributed by atoms with Crippen LogP contribution in [0.3, 0.4) is 0 Å². The molecule has 1 aliphatic rings. The van der Waals surface area contributed by atoms with Crippen LogP contribution in [0.2, 0.25) is 0 Å². The van der Waals surface area contributed by atoms with Crippen LogP contribution >= 0.6 is 0 Å². The van der Waals surface area contributed by atoms with Crippen LogP contribution in [0.5, 0.6) is 0 Å². The van der Waals surface area contributed by atoms with Gasteiger partial charge in [-0.2, -0.15) is 0 Å². The van der Waals surface area contributed by atoms with E-state index in [0.717, 1.165) is 24.2 Å². The molecular formula is C53H49N. The van der Waals surface area contributed by atoms with Crippen LogP contribution in [0, 0.1) is 0 Å². The molecule has 0 N–H and O–H groups in total. The molecule has 1 nitrogen and oxygen atoms in total. The van der Waals surface area contributed by atoms with Crippen molar-refractivity contribution in [3.05, 3.63) is 198 Å². The van der Waals surface area contributed by atoms with E-state index in [2.05, 4.69) is 222 Å². The zero-order valence-electron chi connectivity index (χ0n) is 32.2. The van der Waals surface area contributed by atoms with Crippen LogP contribution < -0.4 is 4.90 Å². The highest BCUT2D eigenvalue weighted by atomic mass is 15.1. The summed E-state index contributed by atoms with van der Waals surface area (Å²) in [5.74, 6) is 0. The molecule has 8 rings (SSSR count). The first-order valence-electron chi connectivity index (χ1n) is 19.5. The number of para-hydroxylation sites is 2. The maximum atomic E-state index is 2.46. The number of anilines is 3. The topological polar surface area (TPSA) is 3.24 Å². The Morgan fingerprint density at radius 1 is 0.444 bits per heavy atom. The molecule has 0 bridgehead atoms. The van der Waals surface area contributed by atoms with E-state index < -0.39 is 0 Å². The van der Waals surface area contributed by atoms with Crippen molar-refractivity contribution in [2.24, 2.45) is 0 Å². The number of hydrogen-bond donors (Lipinski definition) is 0. The molecule has 0 spiro atoms. The smallest absolute Gasteiger partial charge is 0.0465 e. The van der Waals surface area contributed by atoms with Gasteiger partial charge < -0.3 is 4.90 Å². The van der Waals surface area contributed by atoms with Crippen molar-refractivity contribution < 1.29 is 0 Å². The normalized spacial score (nSPS) is 13.1. The molecule has 54 heavy (non-hydrogen) atoms. The summed E-state index contributed by atoms with van der Waals surface area (Å²) >= 11 is 0. The molecule has 266 valence electrons. The Kier molecular flexibility index (Phi) is 9.42. The molecule has 1 heteroatoms. The molecule has 0 aromatic heterocycles. The van der Waals surface area contributed by atoms with Crippen molar-refractivity contribution in [2.45, 2.75) is 58.3 Å². The summed E-state index contributed by atoms with van der Waals surface area (Å²) in [5, 5.41) is 0. The molecule has 0 saturated heterocycles. The lowest BCUT2D eigenvalue weighted by Gasteiger charge is -2.32. The highest BCUT2D eigenvalue weighted by molar-refractivity contribution is 5.87. The summed E-state index contributed by atoms with van der Waals surface area (Å²) in [7, 11) is 0. The lowest BCUT2D eigenvalue weighted by atomic mass is 9.73. The summed E-state index contributed by atoms with van der Waals surface area (Å²) in [6.07, 6.45) is 6.62. The lowest BCUT2D eigenvalue weighted by molar-refractivity contribution is 0.490. The molecular weight excluding hydrogens is 651 g/mol. The van der Waals surface area contributed by atoms with Gasteiger partial charge in [0.1, 0.15) is 0 Å². The predicted molar refractivity (Wildman–Crippen MR) is 233 cm³/mol. The largest absolute Gasteiger partial charge is 0.310 e. The third kappa shape index (κ3) is 6.39. The van der Waals surface area contributed by atoms with Gasteiger partial charge in [0.05, 0.1) is 0 Å². The fourth-order valence-electron chi connectivity index (χ4n) is 8.78. The van der Waals surface area contributed by atoms with Crippen molar-refractivity contribution in [1.29, 1.82) is 0 Å². The van der Waals surface area contributed by atoms with Crippen molar-refractivity contribution in [3.8, 4) is 33.4 Å². The SMILES string of the molecule is CCC1(CC)c2cc(/C=C/c3ccc(-c4cccc(-c5ccccc5)c4C(C)(C)C)cc3)ccc2-c2ccc(N(c3ccccc3)c3ccccc3)cc21. The van der Waals surface area contributed by atoms with E-state index in [1.165, 1.54) is 66.9 Å². The van der Waals surface area contributed by atoms with Crippen LogP contribution in [-0.4, -0.2) is 0 Å². The van der Waals surface area contributed by atoms with Crippen LogP contribution in [0.1, 0.15) is 75.3 Å². The van der Waals surface area contributed by atoms with E-state index in [1.54, 1.807) is 0 Å². The van der Waals surface area contributed by atoms with Gasteiger partial charge in [-0.3, -0.25) is 0 Å². The van der Waals surface area contributed by atoms with E-state index >= 15 is 0 Å². The second kappa shape index (κ2) is 14.5. The van der Waals surface area contributed by atoms with Gasteiger partial charge >= 0.3 is 0 Å². The van der Waals surface area contributed by atoms with Gasteiger partial charge in [-0.25, -0.2) is 0 Å². The number of benzene rings is 7. The van der Waals surface area contributed by atoms with Crippen molar-refractivity contribution in [3.63, 3.8) is 0 Å². The minimum atomic E-state index is -0.0513. The van der Waals surface area contributed by atoms with Crippen LogP contribution in [0.25, 0.3) is 45.5 Å². The molecule has 0 amide bonds. The third-order valence-electron chi connectivity index (χ3n) is 11.5. The third-order valence-corrected chi connectivity index (χ3v) is 11.5. The van der Waals surface area contributed by atoms with Crippen molar-refractivity contribution in [1.82, 2.24) is 0 Å². The molecule has 7 aromatic carbocycles. The Bertz CT molecular complexity index is 2370. The van der Waals surface area contributed by atoms with Crippen molar-refractivity contribution in [2.75, 3.05) is 4.90 Å². The zero-order chi connectivity index (χ0) is 37.3. The number of nitrogens with zero attached hydrogens (tertiary/aromatic N) is 1. The van der Waals surface area contributed by atoms with E-state index in [1.807, 2.05) is 0 Å². The second-order valence-corrected chi connectivity index (χ2v) is 15.6. The molecule has 0 saturated carbocycles. The lowest BCUT2D eigenvalue weighted by Crippen LogP contribution is -2.23. The Hall–Kier alpha value is -5.92. The predicted octanol–water partition coefficient (Wildman–Crippen LogP) is 15.0. The van der Waals surface area contributed by atoms with E-state index in [9.17, 15) is 0 Å². The fourth-order valence-corrected chi connectivity index (χ4v) is 8.78. The van der Waals surface area contributed by atoms with Gasteiger partial charge in [0.2, 0.25) is 0 Å². The summed E-state index contributed by atoms with van der Waals surface area (Å²) in [4.78, 5) is 2.38. The zero-order valence-corrected chi connectivity index (χ0v) is 32.2. The highest BCUT2D eigenvalue weighted by Gasteiger charge is 2.41. The average molecular weight is 700 g/mol. The molecule has 0 heterocycles. The minimum Gasteiger partial charge on any atom is -0.310 e. The highest BCUT2D eigenvalue weighted by Crippen LogP contribution is 2.54. The van der Waals surface area contributed by atoms with Gasteiger partial charge in [0.15, 0.2) is 0 Å². The van der Waals surface area contributed by atoms with Crippen molar-refractivity contribution >= 4 is 29.2 Å². The molecule has 0 radical (unpaired) electrons. The number of rotatable bonds is 9. The van der Waals surface area contributed by atoms with Crippen LogP contribution in [0.4, 0.5) is 17.1 Å². The van der Waals surface area contributed by atoms with Gasteiger partial charge in [-0.1, -0.05) is 180 Å². The minimum absolute atomic E-state index is 0.00942. The van der Waals surface area contributed by atoms with Gasteiger partial charge in [-0.05, 0) is 116 Å². The quantitative estimate of drug-likeness (QED) is 0.136. The molecule has 0 fully saturated rings. The Morgan fingerprint density at radius 3 is 1.48 bits per heavy atom. The first-order valence-corrected chi connectivity index (χ1v) is 19.5. The van der Waals surface area contributed by atoms with Crippen LogP contribution in [-0.2, 0) is 10.8 Å². The average Bonchev–Trinajstić information content (AvgIpc) is 3.49. The van der Waals surface area contributed by atoms with Gasteiger partial charge in [-0.15, -0.1) is 0 Å². The summed E-state index contributed by atoms with van der Waals surface area (Å²) in [6, 6.07) is 62.2. The van der Waals surface area contributed by atoms with E-state index in [0.29, 0.717) is 0 Å². The van der Waals surface area contributed by atoms with Crippen LogP contribution in [0.15, 0.2) is 170 Å². The first kappa shape index (κ1) is 35.1. The van der Waals surface area contributed by atoms with Gasteiger partial charge in [0.25, 0.3) is 0 Å². The molecule has 7 aromatic rings. The maximum absolute atomic E-state index is 2.46. The summed E-state index contributed by atoms with van der Waals surface area (Å²) in [5.41, 5.74) is 18.0. The molecule has 1 aliphatic carbocycles. The Labute approximate surface area is 322 Å². The maximum Gasteiger partial charge on any atom is 0.0465 e. The Balaban J connectivity index is 1.11. The Morgan fingerprint density at radius 2 is 0.926 bits per heavy atom. The van der Waals surface area contributed by atoms with E-state index in [-0.39, 0.29) is 10.8 Å². The molecule has 0 unspecified atom stereocenters. The second-order valence-electron chi connectivity index (χ2n) is 15.6. The molecule has 0 aliphatic heterocycles. The van der Waals surface area contributed by atoms with E-state index in [4.69, 9.17) is 0 Å². The number of hydrogen-bond acceptors (Lipinski definition) is 1. The standard InChI is InChI=1S/C53H49N/c1-6-53(7-2)49-36-39(27-26-38-28-31-41(32-29-38)46-25-17-24-45(51(46)52(3,4)5)40-18-11-8-12-19-40)30-34-47(49)48-35-33-44(37-50(48)53)54(42-20-13-9-14-21-42)43-22-15-10-16-23-43/h8-37H,6-7H2,1-5H3/b27-26+. The number of fused-ring (bicyclic) bond motifs is 3. The van der Waals surface area contributed by atoms with Gasteiger partial charge in [0, 0.05) is 22.5 Å². The monoisotopic (exact) mass is 699 g/mol. The first-order chi connectivity index (χ1) is 26.3. The molecule has 0 atom stereocenters. The summed E-state index contributed by atoms with van der Waals surface area (Å²) in [6.45, 7) is 11.7.